The van der Waals surface area contributed by atoms with Crippen LogP contribution in [0.15, 0.2) is 46.2 Å². The molecule has 0 radical (unpaired) electrons. The Labute approximate surface area is 225 Å². The lowest BCUT2D eigenvalue weighted by atomic mass is 10.1. The normalized spacial score (nSPS) is 12.3. The summed E-state index contributed by atoms with van der Waals surface area (Å²) in [6.07, 6.45) is 3.82. The first-order valence-corrected chi connectivity index (χ1v) is 13.3. The maximum absolute atomic E-state index is 14.4. The SMILES string of the molecule is CCCn1c(=O)c2c(nc(Cc3nccnc3F)n2CCNCC(O)CC)n(CCc2ccccc2N)c1=O. The molecule has 4 rings (SSSR count). The van der Waals surface area contributed by atoms with E-state index in [2.05, 4.69) is 15.3 Å². The Hall–Kier alpha value is -3.90. The van der Waals surface area contributed by atoms with Crippen LogP contribution >= 0.6 is 0 Å². The molecule has 0 aliphatic carbocycles. The summed E-state index contributed by atoms with van der Waals surface area (Å²) in [6.45, 7) is 5.42. The predicted molar refractivity (Wildman–Crippen MR) is 147 cm³/mol. The zero-order valence-electron chi connectivity index (χ0n) is 22.3. The van der Waals surface area contributed by atoms with Crippen LogP contribution in [0, 0.1) is 5.95 Å². The monoisotopic (exact) mass is 538 g/mol. The number of aliphatic hydroxyl groups is 1. The lowest BCUT2D eigenvalue weighted by Gasteiger charge is -2.14. The second kappa shape index (κ2) is 12.8. The molecular weight excluding hydrogens is 503 g/mol. The summed E-state index contributed by atoms with van der Waals surface area (Å²) in [5, 5.41) is 13.1. The van der Waals surface area contributed by atoms with Gasteiger partial charge in [-0.1, -0.05) is 32.0 Å². The van der Waals surface area contributed by atoms with Gasteiger partial charge in [0.05, 0.1) is 12.5 Å². The molecule has 208 valence electrons. The average Bonchev–Trinajstić information content (AvgIpc) is 3.28. The number of anilines is 1. The molecule has 0 aliphatic heterocycles. The molecule has 0 bridgehead atoms. The van der Waals surface area contributed by atoms with Crippen molar-refractivity contribution in [1.82, 2.24) is 34.0 Å². The first-order chi connectivity index (χ1) is 18.8. The van der Waals surface area contributed by atoms with E-state index in [1.54, 1.807) is 10.6 Å². The second-order valence-corrected chi connectivity index (χ2v) is 9.43. The van der Waals surface area contributed by atoms with Gasteiger partial charge in [0.15, 0.2) is 11.2 Å². The number of imidazole rings is 1. The van der Waals surface area contributed by atoms with E-state index in [4.69, 9.17) is 10.7 Å². The fourth-order valence-electron chi connectivity index (χ4n) is 4.55. The fourth-order valence-corrected chi connectivity index (χ4v) is 4.55. The fraction of sp³-hybridized carbons (Fsp3) is 0.444. The number of aromatic nitrogens is 6. The highest BCUT2D eigenvalue weighted by atomic mass is 19.1. The van der Waals surface area contributed by atoms with Crippen molar-refractivity contribution in [3.05, 3.63) is 80.5 Å². The van der Waals surface area contributed by atoms with E-state index in [1.807, 2.05) is 32.0 Å². The van der Waals surface area contributed by atoms with Gasteiger partial charge in [-0.05, 0) is 30.9 Å². The zero-order chi connectivity index (χ0) is 27.9. The number of aliphatic hydroxyl groups excluding tert-OH is 1. The average molecular weight is 539 g/mol. The summed E-state index contributed by atoms with van der Waals surface area (Å²) in [7, 11) is 0. The van der Waals surface area contributed by atoms with E-state index in [0.29, 0.717) is 50.4 Å². The van der Waals surface area contributed by atoms with Crippen LogP contribution in [-0.4, -0.2) is 53.0 Å². The highest BCUT2D eigenvalue weighted by molar-refractivity contribution is 5.71. The standard InChI is InChI=1S/C27H35FN8O3/c1-3-13-36-26(38)23-25(35(27(36)39)14-9-18-7-5-6-8-20(18)29)33-22(16-21-24(28)32-11-10-31-21)34(23)15-12-30-17-19(37)4-2/h5-8,10-11,19,30,37H,3-4,9,12-17,29H2,1-2H3. The van der Waals surface area contributed by atoms with Gasteiger partial charge in [-0.2, -0.15) is 4.39 Å². The van der Waals surface area contributed by atoms with Crippen LogP contribution in [0.2, 0.25) is 0 Å². The summed E-state index contributed by atoms with van der Waals surface area (Å²) in [6, 6.07) is 7.43. The third-order valence-corrected chi connectivity index (χ3v) is 6.71. The lowest BCUT2D eigenvalue weighted by molar-refractivity contribution is 0.167. The topological polar surface area (TPSA) is 146 Å². The van der Waals surface area contributed by atoms with E-state index in [0.717, 1.165) is 5.56 Å². The number of nitrogens with two attached hydrogens (primary N) is 1. The van der Waals surface area contributed by atoms with Crippen molar-refractivity contribution in [2.45, 2.75) is 65.3 Å². The summed E-state index contributed by atoms with van der Waals surface area (Å²) in [5.74, 6) is -0.332. The number of nitrogens with zero attached hydrogens (tertiary/aromatic N) is 6. The van der Waals surface area contributed by atoms with Crippen LogP contribution in [0.4, 0.5) is 10.1 Å². The number of fused-ring (bicyclic) bond motifs is 1. The molecule has 0 saturated carbocycles. The molecule has 0 spiro atoms. The highest BCUT2D eigenvalue weighted by Crippen LogP contribution is 2.17. The molecule has 3 aromatic heterocycles. The Morgan fingerprint density at radius 3 is 2.54 bits per heavy atom. The Morgan fingerprint density at radius 1 is 1.05 bits per heavy atom. The van der Waals surface area contributed by atoms with Crippen LogP contribution in [0.1, 0.15) is 43.8 Å². The molecule has 39 heavy (non-hydrogen) atoms. The number of nitrogen functional groups attached to an aromatic ring is 1. The van der Waals surface area contributed by atoms with Gasteiger partial charge in [0.2, 0.25) is 5.95 Å². The molecule has 11 nitrogen and oxygen atoms in total. The van der Waals surface area contributed by atoms with E-state index in [-0.39, 0.29) is 36.4 Å². The highest BCUT2D eigenvalue weighted by Gasteiger charge is 2.23. The number of rotatable bonds is 13. The van der Waals surface area contributed by atoms with Gasteiger partial charge in [-0.3, -0.25) is 18.9 Å². The Bertz CT molecular complexity index is 1540. The maximum atomic E-state index is 14.4. The van der Waals surface area contributed by atoms with Crippen LogP contribution in [-0.2, 0) is 32.5 Å². The van der Waals surface area contributed by atoms with E-state index >= 15 is 0 Å². The number of halogens is 1. The molecule has 0 aliphatic rings. The minimum Gasteiger partial charge on any atom is -0.399 e. The molecule has 4 aromatic rings. The van der Waals surface area contributed by atoms with E-state index in [9.17, 15) is 19.1 Å². The number of hydrogen-bond acceptors (Lipinski definition) is 8. The van der Waals surface area contributed by atoms with Crippen molar-refractivity contribution in [3.8, 4) is 0 Å². The van der Waals surface area contributed by atoms with Crippen LogP contribution in [0.3, 0.4) is 0 Å². The van der Waals surface area contributed by atoms with Crippen LogP contribution in [0.5, 0.6) is 0 Å². The summed E-state index contributed by atoms with van der Waals surface area (Å²) in [4.78, 5) is 39.7. The molecular formula is C27H35FN8O3. The zero-order valence-corrected chi connectivity index (χ0v) is 22.3. The quantitative estimate of drug-likeness (QED) is 0.171. The molecule has 1 unspecified atom stereocenters. The maximum Gasteiger partial charge on any atom is 0.332 e. The van der Waals surface area contributed by atoms with Gasteiger partial charge in [-0.15, -0.1) is 0 Å². The molecule has 0 fully saturated rings. The van der Waals surface area contributed by atoms with Crippen molar-refractivity contribution in [2.75, 3.05) is 18.8 Å². The summed E-state index contributed by atoms with van der Waals surface area (Å²) < 4.78 is 18.9. The number of hydrogen-bond donors (Lipinski definition) is 3. The number of nitrogens with one attached hydrogen (secondary N) is 1. The lowest BCUT2D eigenvalue weighted by Crippen LogP contribution is -2.41. The minimum absolute atomic E-state index is 0.0149. The van der Waals surface area contributed by atoms with Crippen molar-refractivity contribution in [1.29, 1.82) is 0 Å². The third-order valence-electron chi connectivity index (χ3n) is 6.71. The van der Waals surface area contributed by atoms with Gasteiger partial charge in [0.1, 0.15) is 11.5 Å². The molecule has 0 amide bonds. The first kappa shape index (κ1) is 28.1. The van der Waals surface area contributed by atoms with E-state index in [1.165, 1.54) is 21.5 Å². The van der Waals surface area contributed by atoms with Gasteiger partial charge in [0, 0.05) is 50.8 Å². The van der Waals surface area contributed by atoms with Crippen LogP contribution in [0.25, 0.3) is 11.2 Å². The first-order valence-electron chi connectivity index (χ1n) is 13.3. The summed E-state index contributed by atoms with van der Waals surface area (Å²) in [5.41, 5.74) is 7.32. The van der Waals surface area contributed by atoms with Gasteiger partial charge in [-0.25, -0.2) is 14.8 Å². The molecule has 1 atom stereocenters. The molecule has 0 saturated heterocycles. The Balaban J connectivity index is 1.84. The van der Waals surface area contributed by atoms with E-state index < -0.39 is 23.3 Å². The van der Waals surface area contributed by atoms with Crippen molar-refractivity contribution in [2.24, 2.45) is 0 Å². The van der Waals surface area contributed by atoms with Gasteiger partial charge in [0.25, 0.3) is 5.56 Å². The van der Waals surface area contributed by atoms with Crippen LogP contribution < -0.4 is 22.3 Å². The summed E-state index contributed by atoms with van der Waals surface area (Å²) >= 11 is 0. The molecule has 1 aromatic carbocycles. The third kappa shape index (κ3) is 6.23. The Morgan fingerprint density at radius 2 is 1.82 bits per heavy atom. The second-order valence-electron chi connectivity index (χ2n) is 9.43. The van der Waals surface area contributed by atoms with Crippen molar-refractivity contribution < 1.29 is 9.50 Å². The van der Waals surface area contributed by atoms with Gasteiger partial charge < -0.3 is 20.7 Å². The number of benzene rings is 1. The smallest absolute Gasteiger partial charge is 0.332 e. The van der Waals surface area contributed by atoms with Crippen molar-refractivity contribution in [3.63, 3.8) is 0 Å². The van der Waals surface area contributed by atoms with Gasteiger partial charge >= 0.3 is 5.69 Å². The molecule has 4 N–H and O–H groups in total. The minimum atomic E-state index is -0.722. The molecule has 3 heterocycles. The largest absolute Gasteiger partial charge is 0.399 e. The number of para-hydroxylation sites is 1. The van der Waals surface area contributed by atoms with Crippen molar-refractivity contribution >= 4 is 16.9 Å². The predicted octanol–water partition coefficient (Wildman–Crippen LogP) is 1.47. The Kier molecular flexibility index (Phi) is 9.20. The molecule has 12 heteroatoms. The number of aryl methyl sites for hydroxylation is 2.